The van der Waals surface area contributed by atoms with Gasteiger partial charge in [-0.1, -0.05) is 0 Å². The summed E-state index contributed by atoms with van der Waals surface area (Å²) in [6.45, 7) is 0. The SMILES string of the molecule is Cn1cc2nc1[C@]1(O)CCc3c(cn(C)c3C1=O)C[C@@H]1NC(=O)/C(=C(/O)[C@@H](N)C2)C1=O. The molecule has 5 N–H and O–H groups in total. The summed E-state index contributed by atoms with van der Waals surface area (Å²) < 4.78 is 3.23. The molecule has 1 aliphatic carbocycles. The van der Waals surface area contributed by atoms with Crippen LogP contribution in [0.4, 0.5) is 0 Å². The minimum Gasteiger partial charge on any atom is -0.510 e. The van der Waals surface area contributed by atoms with Crippen LogP contribution in [0.3, 0.4) is 0 Å². The number of imidazole rings is 1. The molecule has 0 radical (unpaired) electrons. The molecule has 8 bridgehead atoms. The molecular weight excluding hydrogens is 402 g/mol. The zero-order chi connectivity index (χ0) is 22.2. The Morgan fingerprint density at radius 2 is 1.94 bits per heavy atom. The smallest absolute Gasteiger partial charge is 0.259 e. The molecule has 1 saturated heterocycles. The lowest BCUT2D eigenvalue weighted by molar-refractivity contribution is -0.117. The molecule has 1 fully saturated rings. The first kappa shape index (κ1) is 19.7. The van der Waals surface area contributed by atoms with Crippen LogP contribution in [0.5, 0.6) is 0 Å². The topological polar surface area (TPSA) is 152 Å². The van der Waals surface area contributed by atoms with E-state index >= 15 is 0 Å². The molecule has 3 aliphatic heterocycles. The monoisotopic (exact) mass is 425 g/mol. The number of nitrogens with zero attached hydrogens (tertiary/aromatic N) is 3. The van der Waals surface area contributed by atoms with Crippen LogP contribution in [0.1, 0.15) is 39.6 Å². The summed E-state index contributed by atoms with van der Waals surface area (Å²) in [5.41, 5.74) is 6.25. The van der Waals surface area contributed by atoms with E-state index in [0.717, 1.165) is 11.1 Å². The fraction of sp³-hybridized carbons (Fsp3) is 0.429. The van der Waals surface area contributed by atoms with E-state index < -0.39 is 40.9 Å². The molecule has 162 valence electrons. The van der Waals surface area contributed by atoms with Crippen molar-refractivity contribution in [2.45, 2.75) is 43.4 Å². The fourth-order valence-electron chi connectivity index (χ4n) is 5.03. The third-order valence-corrected chi connectivity index (χ3v) is 6.56. The van der Waals surface area contributed by atoms with E-state index in [1.54, 1.807) is 35.6 Å². The largest absolute Gasteiger partial charge is 0.510 e. The van der Waals surface area contributed by atoms with Crippen molar-refractivity contribution < 1.29 is 24.6 Å². The average molecular weight is 425 g/mol. The lowest BCUT2D eigenvalue weighted by atomic mass is 9.80. The Bertz CT molecular complexity index is 1210. The average Bonchev–Trinajstić information content (AvgIpc) is 3.32. The van der Waals surface area contributed by atoms with Crippen LogP contribution >= 0.6 is 0 Å². The number of amides is 1. The first-order valence-corrected chi connectivity index (χ1v) is 10.1. The van der Waals surface area contributed by atoms with Gasteiger partial charge in [0.15, 0.2) is 11.4 Å². The molecule has 0 spiro atoms. The number of fused-ring (bicyclic) bond motifs is 3. The number of aryl methyl sites for hydroxylation is 2. The van der Waals surface area contributed by atoms with E-state index in [4.69, 9.17) is 5.73 Å². The Balaban J connectivity index is 1.74. The number of hydrogen-bond donors (Lipinski definition) is 4. The van der Waals surface area contributed by atoms with Gasteiger partial charge < -0.3 is 30.4 Å². The van der Waals surface area contributed by atoms with Crippen LogP contribution in [-0.4, -0.2) is 53.9 Å². The maximum Gasteiger partial charge on any atom is 0.259 e. The van der Waals surface area contributed by atoms with Gasteiger partial charge in [-0.2, -0.15) is 0 Å². The Labute approximate surface area is 177 Å². The molecule has 1 amide bonds. The van der Waals surface area contributed by atoms with E-state index in [0.29, 0.717) is 17.8 Å². The second-order valence-electron chi connectivity index (χ2n) is 8.61. The van der Waals surface area contributed by atoms with E-state index in [-0.39, 0.29) is 30.7 Å². The number of nitrogens with one attached hydrogen (secondary N) is 1. The molecule has 6 rings (SSSR count). The summed E-state index contributed by atoms with van der Waals surface area (Å²) in [4.78, 5) is 43.3. The summed E-state index contributed by atoms with van der Waals surface area (Å²) in [5.74, 6) is -1.92. The van der Waals surface area contributed by atoms with Crippen molar-refractivity contribution in [3.8, 4) is 0 Å². The molecule has 10 heteroatoms. The van der Waals surface area contributed by atoms with Gasteiger partial charge in [-0.3, -0.25) is 14.4 Å². The first-order chi connectivity index (χ1) is 14.6. The number of nitrogens with two attached hydrogens (primary N) is 1. The molecule has 5 heterocycles. The third-order valence-electron chi connectivity index (χ3n) is 6.56. The number of aliphatic hydroxyl groups is 2. The van der Waals surface area contributed by atoms with Crippen LogP contribution in [0.15, 0.2) is 23.7 Å². The molecule has 2 aromatic rings. The van der Waals surface area contributed by atoms with Crippen LogP contribution in [0.25, 0.3) is 0 Å². The molecule has 10 nitrogen and oxygen atoms in total. The lowest BCUT2D eigenvalue weighted by Gasteiger charge is -2.31. The molecule has 3 atom stereocenters. The highest BCUT2D eigenvalue weighted by Crippen LogP contribution is 2.38. The van der Waals surface area contributed by atoms with Crippen molar-refractivity contribution in [1.29, 1.82) is 0 Å². The zero-order valence-corrected chi connectivity index (χ0v) is 17.2. The van der Waals surface area contributed by atoms with Gasteiger partial charge in [-0.15, -0.1) is 0 Å². The maximum atomic E-state index is 13.4. The second-order valence-corrected chi connectivity index (χ2v) is 8.61. The van der Waals surface area contributed by atoms with Gasteiger partial charge in [0.05, 0.1) is 23.5 Å². The summed E-state index contributed by atoms with van der Waals surface area (Å²) in [6.07, 6.45) is 4.13. The van der Waals surface area contributed by atoms with Gasteiger partial charge in [-0.05, 0) is 24.0 Å². The molecule has 2 aromatic heterocycles. The Kier molecular flexibility index (Phi) is 4.06. The highest BCUT2D eigenvalue weighted by Gasteiger charge is 2.48. The number of Topliss-reactive ketones (excluding diaryl/α,β-unsaturated/α-hetero) is 2. The van der Waals surface area contributed by atoms with Gasteiger partial charge in [0.2, 0.25) is 5.78 Å². The van der Waals surface area contributed by atoms with Crippen molar-refractivity contribution in [2.24, 2.45) is 19.8 Å². The van der Waals surface area contributed by atoms with Gasteiger partial charge in [0, 0.05) is 39.3 Å². The van der Waals surface area contributed by atoms with Gasteiger partial charge >= 0.3 is 0 Å². The van der Waals surface area contributed by atoms with E-state index in [1.807, 2.05) is 0 Å². The van der Waals surface area contributed by atoms with Crippen molar-refractivity contribution >= 4 is 17.5 Å². The standard InChI is InChI=1S/C21H23N5O5/c1-25-7-9-5-13-17(28)14(19(30)24-13)16(27)12(22)6-10-8-26(2)20(23-10)21(31)4-3-11(9)15(25)18(21)29/h7-8,12-13,27,31H,3-6,22H2,1-2H3,(H,24,30)/b16-14+/t12-,13-,21-/m0/s1. The van der Waals surface area contributed by atoms with Crippen molar-refractivity contribution in [1.82, 2.24) is 19.4 Å². The van der Waals surface area contributed by atoms with Gasteiger partial charge in [0.25, 0.3) is 5.91 Å². The van der Waals surface area contributed by atoms with Crippen LogP contribution < -0.4 is 11.1 Å². The van der Waals surface area contributed by atoms with E-state index in [1.165, 1.54) is 0 Å². The van der Waals surface area contributed by atoms with Crippen molar-refractivity contribution in [3.05, 3.63) is 52.1 Å². The second kappa shape index (κ2) is 6.38. The van der Waals surface area contributed by atoms with Crippen molar-refractivity contribution in [2.75, 3.05) is 0 Å². The summed E-state index contributed by atoms with van der Waals surface area (Å²) in [7, 11) is 3.39. The molecule has 0 saturated carbocycles. The maximum absolute atomic E-state index is 13.4. The summed E-state index contributed by atoms with van der Waals surface area (Å²) in [6, 6.07) is -1.89. The van der Waals surface area contributed by atoms with Crippen LogP contribution in [0, 0.1) is 0 Å². The van der Waals surface area contributed by atoms with Gasteiger partial charge in [0.1, 0.15) is 17.2 Å². The number of aliphatic hydroxyl groups excluding tert-OH is 1. The molecule has 31 heavy (non-hydrogen) atoms. The number of aromatic nitrogens is 3. The molecule has 0 unspecified atom stereocenters. The molecular formula is C21H23N5O5. The minimum atomic E-state index is -1.79. The van der Waals surface area contributed by atoms with Gasteiger partial charge in [-0.25, -0.2) is 4.98 Å². The number of hydrogen-bond acceptors (Lipinski definition) is 7. The Morgan fingerprint density at radius 1 is 1.19 bits per heavy atom. The number of carbonyl (C=O) groups excluding carboxylic acids is 3. The highest BCUT2D eigenvalue weighted by molar-refractivity contribution is 6.27. The van der Waals surface area contributed by atoms with Crippen LogP contribution in [0.2, 0.25) is 0 Å². The number of ketones is 2. The Morgan fingerprint density at radius 3 is 2.68 bits per heavy atom. The normalized spacial score (nSPS) is 30.4. The predicted octanol–water partition coefficient (Wildman–Crippen LogP) is -0.919. The molecule has 4 aliphatic rings. The fourth-order valence-corrected chi connectivity index (χ4v) is 5.03. The third kappa shape index (κ3) is 2.64. The summed E-state index contributed by atoms with van der Waals surface area (Å²) >= 11 is 0. The van der Waals surface area contributed by atoms with Crippen LogP contribution in [-0.2, 0) is 48.5 Å². The summed E-state index contributed by atoms with van der Waals surface area (Å²) in [5, 5.41) is 24.6. The van der Waals surface area contributed by atoms with E-state index in [9.17, 15) is 24.6 Å². The predicted molar refractivity (Wildman–Crippen MR) is 107 cm³/mol. The Hall–Kier alpha value is -3.24. The van der Waals surface area contributed by atoms with E-state index in [2.05, 4.69) is 10.3 Å². The minimum absolute atomic E-state index is 0.0255. The van der Waals surface area contributed by atoms with Crippen molar-refractivity contribution in [3.63, 3.8) is 0 Å². The lowest BCUT2D eigenvalue weighted by Crippen LogP contribution is -2.43. The quantitative estimate of drug-likeness (QED) is 0.398. The highest BCUT2D eigenvalue weighted by atomic mass is 16.3. The number of rotatable bonds is 0. The first-order valence-electron chi connectivity index (χ1n) is 10.1. The number of carbonyl (C=O) groups is 3. The zero-order valence-electron chi connectivity index (χ0n) is 17.2. The molecule has 0 aromatic carbocycles.